The topological polar surface area (TPSA) is 149 Å². The van der Waals surface area contributed by atoms with E-state index >= 15 is 0 Å². The maximum atomic E-state index is 13.1. The van der Waals surface area contributed by atoms with Crippen LogP contribution >= 0.6 is 0 Å². The molecule has 1 unspecified atom stereocenters. The van der Waals surface area contributed by atoms with Gasteiger partial charge >= 0.3 is 0 Å². The molecule has 0 aromatic heterocycles. The molecule has 1 aliphatic heterocycles. The first-order chi connectivity index (χ1) is 17.4. The summed E-state index contributed by atoms with van der Waals surface area (Å²) >= 11 is 0. The minimum absolute atomic E-state index is 0.0540. The van der Waals surface area contributed by atoms with E-state index in [4.69, 9.17) is 15.9 Å². The molecular weight excluding hydrogens is 460 g/mol. The maximum absolute atomic E-state index is 13.1. The number of morpholine rings is 1. The van der Waals surface area contributed by atoms with Crippen LogP contribution in [0.3, 0.4) is 0 Å². The highest BCUT2D eigenvalue weighted by Gasteiger charge is 2.39. The van der Waals surface area contributed by atoms with Gasteiger partial charge in [0.1, 0.15) is 5.84 Å². The Morgan fingerprint density at radius 3 is 2.47 bits per heavy atom. The van der Waals surface area contributed by atoms with Gasteiger partial charge in [-0.1, -0.05) is 36.4 Å². The number of carbonyl (C=O) groups excluding carboxylic acids is 2. The van der Waals surface area contributed by atoms with Crippen LogP contribution in [0.15, 0.2) is 72.8 Å². The molecule has 0 radical (unpaired) electrons. The number of hydrogen-bond acceptors (Lipinski definition) is 6. The maximum Gasteiger partial charge on any atom is 0.259 e. The van der Waals surface area contributed by atoms with E-state index in [1.807, 2.05) is 48.5 Å². The summed E-state index contributed by atoms with van der Waals surface area (Å²) in [4.78, 5) is 27.2. The van der Waals surface area contributed by atoms with E-state index in [1.165, 1.54) is 4.90 Å². The van der Waals surface area contributed by atoms with Gasteiger partial charge in [-0.2, -0.15) is 0 Å². The lowest BCUT2D eigenvalue weighted by molar-refractivity contribution is -0.150. The quantitative estimate of drug-likeness (QED) is 0.242. The molecular formula is C27H28N4O5. The number of aliphatic hydroxyl groups is 2. The molecule has 9 nitrogen and oxygen atoms in total. The summed E-state index contributed by atoms with van der Waals surface area (Å²) in [6, 6.07) is 21.5. The van der Waals surface area contributed by atoms with Crippen molar-refractivity contribution in [2.24, 2.45) is 5.73 Å². The molecule has 4 rings (SSSR count). The van der Waals surface area contributed by atoms with E-state index in [0.717, 1.165) is 16.7 Å². The van der Waals surface area contributed by atoms with E-state index in [9.17, 15) is 19.8 Å². The van der Waals surface area contributed by atoms with Gasteiger partial charge in [-0.3, -0.25) is 15.0 Å². The van der Waals surface area contributed by atoms with E-state index < -0.39 is 24.0 Å². The highest BCUT2D eigenvalue weighted by molar-refractivity contribution is 6.04. The Hall–Kier alpha value is -4.05. The van der Waals surface area contributed by atoms with Gasteiger partial charge in [0.2, 0.25) is 0 Å². The van der Waals surface area contributed by atoms with Crippen molar-refractivity contribution >= 4 is 29.0 Å². The zero-order chi connectivity index (χ0) is 25.7. The molecule has 186 valence electrons. The van der Waals surface area contributed by atoms with Crippen molar-refractivity contribution < 1.29 is 24.5 Å². The first-order valence-electron chi connectivity index (χ1n) is 11.5. The van der Waals surface area contributed by atoms with Crippen LogP contribution < -0.4 is 16.0 Å². The fourth-order valence-corrected chi connectivity index (χ4v) is 4.14. The minimum atomic E-state index is -1.71. The van der Waals surface area contributed by atoms with Crippen LogP contribution in [0, 0.1) is 5.41 Å². The number of rotatable bonds is 8. The average molecular weight is 489 g/mol. The summed E-state index contributed by atoms with van der Waals surface area (Å²) in [6.45, 7) is 0.504. The number of aliphatic hydroxyl groups excluding tert-OH is 2. The number of anilines is 2. The van der Waals surface area contributed by atoms with Gasteiger partial charge in [-0.05, 0) is 59.5 Å². The SMILES string of the molecule is N=C(N)c1ccc(NC(=O)C(O)[C@H]2OCCN(c3ccc(-c4ccccc4CCO)cc3)C2=O)cc1. The fraction of sp³-hybridized carbons (Fsp3) is 0.222. The average Bonchev–Trinajstić information content (AvgIpc) is 2.89. The van der Waals surface area contributed by atoms with Gasteiger partial charge in [0.05, 0.1) is 6.61 Å². The summed E-state index contributed by atoms with van der Waals surface area (Å²) in [6.07, 6.45) is -2.51. The molecule has 6 N–H and O–H groups in total. The molecule has 0 saturated carbocycles. The number of benzene rings is 3. The third-order valence-electron chi connectivity index (χ3n) is 6.03. The van der Waals surface area contributed by atoms with Crippen LogP contribution in [-0.2, 0) is 20.7 Å². The molecule has 1 aliphatic rings. The number of amidine groups is 1. The van der Waals surface area contributed by atoms with Gasteiger partial charge < -0.3 is 30.9 Å². The Bertz CT molecular complexity index is 1240. The number of ether oxygens (including phenoxy) is 1. The number of amides is 2. The lowest BCUT2D eigenvalue weighted by atomic mass is 9.97. The summed E-state index contributed by atoms with van der Waals surface area (Å²) in [5.74, 6) is -1.39. The molecule has 36 heavy (non-hydrogen) atoms. The Labute approximate surface area is 208 Å². The lowest BCUT2D eigenvalue weighted by Crippen LogP contribution is -2.55. The Balaban J connectivity index is 1.45. The van der Waals surface area contributed by atoms with E-state index in [2.05, 4.69) is 5.32 Å². The molecule has 9 heteroatoms. The van der Waals surface area contributed by atoms with Crippen LogP contribution in [0.4, 0.5) is 11.4 Å². The molecule has 2 amide bonds. The summed E-state index contributed by atoms with van der Waals surface area (Å²) < 4.78 is 5.48. The zero-order valence-electron chi connectivity index (χ0n) is 19.6. The van der Waals surface area contributed by atoms with Crippen molar-refractivity contribution in [3.8, 4) is 11.1 Å². The first-order valence-corrected chi connectivity index (χ1v) is 11.5. The molecule has 0 aliphatic carbocycles. The van der Waals surface area contributed by atoms with Crippen LogP contribution in [0.2, 0.25) is 0 Å². The normalized spacial score (nSPS) is 16.4. The Morgan fingerprint density at radius 2 is 1.81 bits per heavy atom. The molecule has 3 aromatic rings. The van der Waals surface area contributed by atoms with Gasteiger partial charge in [0.25, 0.3) is 11.8 Å². The largest absolute Gasteiger partial charge is 0.396 e. The van der Waals surface area contributed by atoms with Crippen molar-refractivity contribution in [3.05, 3.63) is 83.9 Å². The van der Waals surface area contributed by atoms with Gasteiger partial charge in [-0.25, -0.2) is 0 Å². The number of nitrogen functional groups attached to an aromatic ring is 1. The second-order valence-electron chi connectivity index (χ2n) is 8.38. The molecule has 1 fully saturated rings. The summed E-state index contributed by atoms with van der Waals surface area (Å²) in [5, 5.41) is 29.9. The van der Waals surface area contributed by atoms with Gasteiger partial charge in [-0.15, -0.1) is 0 Å². The lowest BCUT2D eigenvalue weighted by Gasteiger charge is -2.34. The number of nitrogens with zero attached hydrogens (tertiary/aromatic N) is 1. The van der Waals surface area contributed by atoms with Crippen molar-refractivity contribution in [3.63, 3.8) is 0 Å². The second kappa shape index (κ2) is 11.1. The third kappa shape index (κ3) is 5.44. The van der Waals surface area contributed by atoms with Gasteiger partial charge in [0.15, 0.2) is 12.2 Å². The van der Waals surface area contributed by atoms with Crippen LogP contribution in [0.5, 0.6) is 0 Å². The molecule has 2 atom stereocenters. The van der Waals surface area contributed by atoms with Crippen LogP contribution in [0.1, 0.15) is 11.1 Å². The predicted molar refractivity (Wildman–Crippen MR) is 137 cm³/mol. The third-order valence-corrected chi connectivity index (χ3v) is 6.03. The highest BCUT2D eigenvalue weighted by atomic mass is 16.5. The van der Waals surface area contributed by atoms with E-state index in [-0.39, 0.29) is 25.6 Å². The Kier molecular flexibility index (Phi) is 7.74. The molecule has 3 aromatic carbocycles. The standard InChI is InChI=1S/C27H28N4O5/c28-25(29)19-5-9-20(10-6-19)30-26(34)23(33)24-27(35)31(14-16-36-24)21-11-7-18(8-12-21)22-4-2-1-3-17(22)13-15-32/h1-12,23-24,32-33H,13-16H2,(H3,28,29)(H,30,34)/t23?,24-/m1/s1. The summed E-state index contributed by atoms with van der Waals surface area (Å²) in [5.41, 5.74) is 9.94. The summed E-state index contributed by atoms with van der Waals surface area (Å²) in [7, 11) is 0. The second-order valence-corrected chi connectivity index (χ2v) is 8.38. The smallest absolute Gasteiger partial charge is 0.259 e. The number of nitrogens with one attached hydrogen (secondary N) is 2. The van der Waals surface area contributed by atoms with E-state index in [0.29, 0.717) is 23.4 Å². The Morgan fingerprint density at radius 1 is 1.11 bits per heavy atom. The molecule has 1 saturated heterocycles. The van der Waals surface area contributed by atoms with Crippen molar-refractivity contribution in [1.29, 1.82) is 5.41 Å². The van der Waals surface area contributed by atoms with Crippen molar-refractivity contribution in [2.75, 3.05) is 30.0 Å². The fourth-order valence-electron chi connectivity index (χ4n) is 4.14. The van der Waals surface area contributed by atoms with Crippen LogP contribution in [-0.4, -0.2) is 59.8 Å². The highest BCUT2D eigenvalue weighted by Crippen LogP contribution is 2.28. The first kappa shape index (κ1) is 25.1. The number of carbonyl (C=O) groups is 2. The van der Waals surface area contributed by atoms with Gasteiger partial charge in [0, 0.05) is 30.1 Å². The van der Waals surface area contributed by atoms with Crippen molar-refractivity contribution in [2.45, 2.75) is 18.6 Å². The van der Waals surface area contributed by atoms with Crippen LogP contribution in [0.25, 0.3) is 11.1 Å². The molecule has 1 heterocycles. The monoisotopic (exact) mass is 488 g/mol. The minimum Gasteiger partial charge on any atom is -0.396 e. The molecule has 0 bridgehead atoms. The van der Waals surface area contributed by atoms with Crippen molar-refractivity contribution in [1.82, 2.24) is 0 Å². The number of nitrogens with two attached hydrogens (primary N) is 1. The molecule has 0 spiro atoms. The zero-order valence-corrected chi connectivity index (χ0v) is 19.6. The van der Waals surface area contributed by atoms with E-state index in [1.54, 1.807) is 24.3 Å². The number of hydrogen-bond donors (Lipinski definition) is 5. The predicted octanol–water partition coefficient (Wildman–Crippen LogP) is 1.90.